The van der Waals surface area contributed by atoms with E-state index in [1.807, 2.05) is 6.08 Å². The quantitative estimate of drug-likeness (QED) is 0.0320. The van der Waals surface area contributed by atoms with E-state index in [2.05, 4.69) is 43.5 Å². The standard InChI is InChI=1S/C70H133NO5/c1-3-5-7-9-11-13-15-17-19-21-23-24-27-30-34-38-42-46-50-54-58-62-68(73)67(66-72)71-69(74)63-59-55-51-47-43-39-35-31-28-25-29-33-37-41-45-49-53-57-61-65-76-70(75)64-60-56-52-48-44-40-36-32-26-22-20-18-16-14-12-10-8-6-4-2/h12,14,18,20,58,62,67-68,72-73H,3-11,13,15-17,19,21-57,59-61,63-66H2,1-2H3,(H,71,74)/b14-12-,20-18-,62-58+. The molecule has 0 aliphatic rings. The molecule has 0 saturated heterocycles. The second-order valence-electron chi connectivity index (χ2n) is 23.5. The number of esters is 1. The van der Waals surface area contributed by atoms with Gasteiger partial charge in [-0.25, -0.2) is 0 Å². The molecule has 6 nitrogen and oxygen atoms in total. The summed E-state index contributed by atoms with van der Waals surface area (Å²) in [4.78, 5) is 24.6. The van der Waals surface area contributed by atoms with E-state index in [-0.39, 0.29) is 18.5 Å². The van der Waals surface area contributed by atoms with Crippen LogP contribution in [-0.4, -0.2) is 47.4 Å². The van der Waals surface area contributed by atoms with Crippen molar-refractivity contribution in [3.63, 3.8) is 0 Å². The van der Waals surface area contributed by atoms with Gasteiger partial charge in [-0.2, -0.15) is 0 Å². The monoisotopic (exact) mass is 1070 g/mol. The minimum absolute atomic E-state index is 0.00517. The van der Waals surface area contributed by atoms with Crippen molar-refractivity contribution < 1.29 is 24.5 Å². The Balaban J connectivity index is 3.42. The van der Waals surface area contributed by atoms with E-state index in [4.69, 9.17) is 4.74 Å². The summed E-state index contributed by atoms with van der Waals surface area (Å²) in [5.41, 5.74) is 0. The Kier molecular flexibility index (Phi) is 63.9. The molecule has 0 bridgehead atoms. The maximum absolute atomic E-state index is 12.5. The Labute approximate surface area is 474 Å². The number of carbonyl (C=O) groups excluding carboxylic acids is 2. The van der Waals surface area contributed by atoms with Crippen molar-refractivity contribution in [2.24, 2.45) is 0 Å². The van der Waals surface area contributed by atoms with Gasteiger partial charge in [0.2, 0.25) is 5.91 Å². The van der Waals surface area contributed by atoms with Crippen LogP contribution in [0.3, 0.4) is 0 Å². The summed E-state index contributed by atoms with van der Waals surface area (Å²) in [6.07, 6.45) is 83.4. The maximum atomic E-state index is 12.5. The highest BCUT2D eigenvalue weighted by Crippen LogP contribution is 2.18. The van der Waals surface area contributed by atoms with E-state index in [1.165, 1.54) is 295 Å². The third-order valence-corrected chi connectivity index (χ3v) is 15.9. The number of aliphatic hydroxyl groups excluding tert-OH is 2. The first kappa shape index (κ1) is 74.1. The zero-order valence-corrected chi connectivity index (χ0v) is 51.3. The highest BCUT2D eigenvalue weighted by atomic mass is 16.5. The van der Waals surface area contributed by atoms with E-state index in [0.717, 1.165) is 51.4 Å². The Morgan fingerprint density at radius 3 is 1.03 bits per heavy atom. The van der Waals surface area contributed by atoms with Crippen LogP contribution in [0.5, 0.6) is 0 Å². The SMILES string of the molecule is CCCCC/C=C\C/C=C\CCCCCCCCCCCC(=O)OCCCCCCCCCCCCCCCCCCCCCC(=O)NC(CO)C(O)/C=C/CCCCCCCCCCCCCCCCCCCCC. The van der Waals surface area contributed by atoms with Gasteiger partial charge in [0.05, 0.1) is 25.4 Å². The number of nitrogens with one attached hydrogen (secondary N) is 1. The number of aliphatic hydroxyl groups is 2. The fourth-order valence-corrected chi connectivity index (χ4v) is 10.7. The summed E-state index contributed by atoms with van der Waals surface area (Å²) >= 11 is 0. The number of allylic oxidation sites excluding steroid dienone is 5. The summed E-state index contributed by atoms with van der Waals surface area (Å²) in [6, 6.07) is -0.632. The largest absolute Gasteiger partial charge is 0.466 e. The van der Waals surface area contributed by atoms with Gasteiger partial charge in [-0.05, 0) is 64.2 Å². The van der Waals surface area contributed by atoms with Crippen LogP contribution >= 0.6 is 0 Å². The van der Waals surface area contributed by atoms with Crippen molar-refractivity contribution >= 4 is 11.9 Å². The van der Waals surface area contributed by atoms with Gasteiger partial charge < -0.3 is 20.3 Å². The molecule has 1 amide bonds. The molecule has 76 heavy (non-hydrogen) atoms. The topological polar surface area (TPSA) is 95.9 Å². The van der Waals surface area contributed by atoms with Crippen LogP contribution in [0, 0.1) is 0 Å². The first-order chi connectivity index (χ1) is 37.5. The predicted molar refractivity (Wildman–Crippen MR) is 333 cm³/mol. The molecule has 448 valence electrons. The van der Waals surface area contributed by atoms with Gasteiger partial charge in [-0.15, -0.1) is 0 Å². The normalized spacial score (nSPS) is 12.7. The van der Waals surface area contributed by atoms with Crippen molar-refractivity contribution in [1.29, 1.82) is 0 Å². The lowest BCUT2D eigenvalue weighted by atomic mass is 10.0. The summed E-state index contributed by atoms with van der Waals surface area (Å²) < 4.78 is 5.50. The number of hydrogen-bond donors (Lipinski definition) is 3. The van der Waals surface area contributed by atoms with Crippen LogP contribution in [0.4, 0.5) is 0 Å². The number of ether oxygens (including phenoxy) is 1. The average molecular weight is 1070 g/mol. The first-order valence-electron chi connectivity index (χ1n) is 34.3. The molecular formula is C70H133NO5. The third-order valence-electron chi connectivity index (χ3n) is 15.9. The van der Waals surface area contributed by atoms with Gasteiger partial charge in [0.1, 0.15) is 0 Å². The number of amides is 1. The molecule has 0 radical (unpaired) electrons. The van der Waals surface area contributed by atoms with E-state index in [1.54, 1.807) is 6.08 Å². The minimum Gasteiger partial charge on any atom is -0.466 e. The first-order valence-corrected chi connectivity index (χ1v) is 34.3. The highest BCUT2D eigenvalue weighted by Gasteiger charge is 2.18. The number of unbranched alkanes of at least 4 members (excludes halogenated alkanes) is 49. The van der Waals surface area contributed by atoms with Crippen molar-refractivity contribution in [2.45, 2.75) is 386 Å². The molecule has 0 aliphatic carbocycles. The van der Waals surface area contributed by atoms with Gasteiger partial charge in [0.25, 0.3) is 0 Å². The fraction of sp³-hybridized carbons (Fsp3) is 0.886. The number of rotatable bonds is 64. The van der Waals surface area contributed by atoms with Gasteiger partial charge in [0, 0.05) is 12.8 Å². The zero-order valence-electron chi connectivity index (χ0n) is 51.3. The minimum atomic E-state index is -0.848. The molecule has 0 aromatic carbocycles. The molecule has 0 aromatic rings. The summed E-state index contributed by atoms with van der Waals surface area (Å²) in [5.74, 6) is -0.0624. The molecule has 0 fully saturated rings. The second-order valence-corrected chi connectivity index (χ2v) is 23.5. The average Bonchev–Trinajstić information content (AvgIpc) is 3.42. The molecule has 3 N–H and O–H groups in total. The van der Waals surface area contributed by atoms with Crippen LogP contribution < -0.4 is 5.32 Å². The third kappa shape index (κ3) is 61.3. The Bertz CT molecular complexity index is 1230. The Morgan fingerprint density at radius 2 is 0.658 bits per heavy atom. The fourth-order valence-electron chi connectivity index (χ4n) is 10.7. The lowest BCUT2D eigenvalue weighted by Crippen LogP contribution is -2.45. The summed E-state index contributed by atoms with van der Waals surface area (Å²) in [7, 11) is 0. The smallest absolute Gasteiger partial charge is 0.305 e. The molecule has 0 rings (SSSR count). The lowest BCUT2D eigenvalue weighted by Gasteiger charge is -2.20. The summed E-state index contributed by atoms with van der Waals surface area (Å²) in [6.45, 7) is 4.90. The molecule has 0 heterocycles. The Hall–Kier alpha value is -1.92. The molecule has 0 aliphatic heterocycles. The Morgan fingerprint density at radius 1 is 0.368 bits per heavy atom. The van der Waals surface area contributed by atoms with Crippen molar-refractivity contribution in [3.8, 4) is 0 Å². The highest BCUT2D eigenvalue weighted by molar-refractivity contribution is 5.76. The van der Waals surface area contributed by atoms with Crippen molar-refractivity contribution in [1.82, 2.24) is 5.32 Å². The van der Waals surface area contributed by atoms with Crippen molar-refractivity contribution in [3.05, 3.63) is 36.5 Å². The van der Waals surface area contributed by atoms with Gasteiger partial charge >= 0.3 is 5.97 Å². The number of hydrogen-bond acceptors (Lipinski definition) is 5. The molecule has 0 saturated carbocycles. The van der Waals surface area contributed by atoms with Gasteiger partial charge in [-0.3, -0.25) is 9.59 Å². The predicted octanol–water partition coefficient (Wildman–Crippen LogP) is 21.9. The molecular weight excluding hydrogens is 935 g/mol. The van der Waals surface area contributed by atoms with E-state index >= 15 is 0 Å². The van der Waals surface area contributed by atoms with Crippen LogP contribution in [0.25, 0.3) is 0 Å². The maximum Gasteiger partial charge on any atom is 0.305 e. The number of carbonyl (C=O) groups is 2. The second kappa shape index (κ2) is 65.6. The van der Waals surface area contributed by atoms with Crippen molar-refractivity contribution in [2.75, 3.05) is 13.2 Å². The van der Waals surface area contributed by atoms with Crippen LogP contribution in [-0.2, 0) is 14.3 Å². The van der Waals surface area contributed by atoms with Crippen LogP contribution in [0.2, 0.25) is 0 Å². The van der Waals surface area contributed by atoms with Crippen LogP contribution in [0.1, 0.15) is 373 Å². The molecule has 6 heteroatoms. The molecule has 0 aromatic heterocycles. The van der Waals surface area contributed by atoms with Crippen LogP contribution in [0.15, 0.2) is 36.5 Å². The van der Waals surface area contributed by atoms with E-state index < -0.39 is 12.1 Å². The zero-order chi connectivity index (χ0) is 55.0. The molecule has 2 unspecified atom stereocenters. The van der Waals surface area contributed by atoms with E-state index in [9.17, 15) is 19.8 Å². The van der Waals surface area contributed by atoms with Gasteiger partial charge in [0.15, 0.2) is 0 Å². The van der Waals surface area contributed by atoms with E-state index in [0.29, 0.717) is 19.4 Å². The molecule has 0 spiro atoms. The lowest BCUT2D eigenvalue weighted by molar-refractivity contribution is -0.143. The van der Waals surface area contributed by atoms with Gasteiger partial charge in [-0.1, -0.05) is 333 Å². The summed E-state index contributed by atoms with van der Waals surface area (Å²) in [5, 5.41) is 23.2. The molecule has 2 atom stereocenters.